The van der Waals surface area contributed by atoms with Gasteiger partial charge in [-0.15, -0.1) is 0 Å². The van der Waals surface area contributed by atoms with Crippen LogP contribution < -0.4 is 4.90 Å². The van der Waals surface area contributed by atoms with Gasteiger partial charge < -0.3 is 4.90 Å². The molecule has 1 fully saturated rings. The van der Waals surface area contributed by atoms with Gasteiger partial charge in [0.1, 0.15) is 11.5 Å². The van der Waals surface area contributed by atoms with Crippen LogP contribution in [0.5, 0.6) is 0 Å². The van der Waals surface area contributed by atoms with Crippen LogP contribution >= 0.6 is 0 Å². The molecule has 2 aromatic heterocycles. The fraction of sp³-hybridized carbons (Fsp3) is 0.500. The summed E-state index contributed by atoms with van der Waals surface area (Å²) in [5.41, 5.74) is 3.05. The van der Waals surface area contributed by atoms with E-state index in [9.17, 15) is 0 Å². The van der Waals surface area contributed by atoms with Gasteiger partial charge >= 0.3 is 0 Å². The molecule has 1 aliphatic carbocycles. The Bertz CT molecular complexity index is 633. The molecule has 0 saturated heterocycles. The molecular formula is C18H24N4. The fourth-order valence-electron chi connectivity index (χ4n) is 3.21. The van der Waals surface area contributed by atoms with E-state index in [4.69, 9.17) is 4.98 Å². The molecule has 0 atom stereocenters. The maximum atomic E-state index is 4.83. The second kappa shape index (κ2) is 6.42. The molecular weight excluding hydrogens is 272 g/mol. The van der Waals surface area contributed by atoms with Gasteiger partial charge in [-0.3, -0.25) is 4.98 Å². The lowest BCUT2D eigenvalue weighted by atomic mass is 9.94. The van der Waals surface area contributed by atoms with Crippen LogP contribution in [0.3, 0.4) is 0 Å². The summed E-state index contributed by atoms with van der Waals surface area (Å²) in [5.74, 6) is 1.78. The van der Waals surface area contributed by atoms with Crippen LogP contribution in [-0.4, -0.2) is 28.0 Å². The van der Waals surface area contributed by atoms with Crippen LogP contribution in [0.15, 0.2) is 24.4 Å². The lowest BCUT2D eigenvalue weighted by molar-refractivity contribution is 0.425. The molecule has 2 heterocycles. The van der Waals surface area contributed by atoms with Crippen molar-refractivity contribution in [1.29, 1.82) is 0 Å². The van der Waals surface area contributed by atoms with Crippen molar-refractivity contribution >= 4 is 5.82 Å². The van der Waals surface area contributed by atoms with Crippen molar-refractivity contribution in [3.8, 4) is 11.5 Å². The second-order valence-electron chi connectivity index (χ2n) is 6.20. The van der Waals surface area contributed by atoms with Crippen LogP contribution in [0, 0.1) is 13.8 Å². The molecule has 0 radical (unpaired) electrons. The van der Waals surface area contributed by atoms with Gasteiger partial charge in [0, 0.05) is 30.5 Å². The van der Waals surface area contributed by atoms with Gasteiger partial charge in [-0.25, -0.2) is 9.97 Å². The Morgan fingerprint density at radius 2 is 1.82 bits per heavy atom. The first-order valence-electron chi connectivity index (χ1n) is 8.16. The molecule has 0 aliphatic heterocycles. The van der Waals surface area contributed by atoms with E-state index in [1.54, 1.807) is 6.20 Å². The number of aromatic nitrogens is 3. The predicted molar refractivity (Wildman–Crippen MR) is 90.0 cm³/mol. The third-order valence-corrected chi connectivity index (χ3v) is 4.71. The summed E-state index contributed by atoms with van der Waals surface area (Å²) in [6.45, 7) is 4.17. The van der Waals surface area contributed by atoms with E-state index >= 15 is 0 Å². The van der Waals surface area contributed by atoms with Gasteiger partial charge in [0.2, 0.25) is 0 Å². The van der Waals surface area contributed by atoms with Gasteiger partial charge in [-0.1, -0.05) is 25.3 Å². The van der Waals surface area contributed by atoms with Crippen molar-refractivity contribution in [1.82, 2.24) is 15.0 Å². The van der Waals surface area contributed by atoms with Gasteiger partial charge in [0.25, 0.3) is 0 Å². The first kappa shape index (κ1) is 14.9. The highest BCUT2D eigenvalue weighted by Gasteiger charge is 2.22. The Balaban J connectivity index is 1.98. The van der Waals surface area contributed by atoms with E-state index < -0.39 is 0 Å². The molecule has 0 unspecified atom stereocenters. The fourth-order valence-corrected chi connectivity index (χ4v) is 3.21. The first-order valence-corrected chi connectivity index (χ1v) is 8.16. The van der Waals surface area contributed by atoms with Crippen molar-refractivity contribution in [2.24, 2.45) is 0 Å². The van der Waals surface area contributed by atoms with Crippen molar-refractivity contribution in [3.05, 3.63) is 35.7 Å². The molecule has 4 heteroatoms. The van der Waals surface area contributed by atoms with Crippen LogP contribution in [-0.2, 0) is 0 Å². The summed E-state index contributed by atoms with van der Waals surface area (Å²) in [6.07, 6.45) is 8.33. The lowest BCUT2D eigenvalue weighted by Crippen LogP contribution is -2.34. The summed E-state index contributed by atoms with van der Waals surface area (Å²) in [5, 5.41) is 0. The van der Waals surface area contributed by atoms with Crippen molar-refractivity contribution in [3.63, 3.8) is 0 Å². The minimum atomic E-state index is 0.596. The molecule has 0 spiro atoms. The predicted octanol–water partition coefficient (Wildman–Crippen LogP) is 3.92. The van der Waals surface area contributed by atoms with Gasteiger partial charge in [0.15, 0.2) is 5.82 Å². The zero-order valence-electron chi connectivity index (χ0n) is 13.7. The first-order chi connectivity index (χ1) is 10.7. The zero-order chi connectivity index (χ0) is 15.5. The highest BCUT2D eigenvalue weighted by molar-refractivity contribution is 5.57. The van der Waals surface area contributed by atoms with Gasteiger partial charge in [0.05, 0.1) is 0 Å². The number of aryl methyl sites for hydroxylation is 1. The summed E-state index contributed by atoms with van der Waals surface area (Å²) in [7, 11) is 2.17. The van der Waals surface area contributed by atoms with Crippen molar-refractivity contribution in [2.75, 3.05) is 11.9 Å². The maximum absolute atomic E-state index is 4.83. The Labute approximate surface area is 132 Å². The van der Waals surface area contributed by atoms with Crippen LogP contribution in [0.25, 0.3) is 11.5 Å². The SMILES string of the molecule is Cc1nc(-c2ccccn2)nc(N(C)C2CCCCC2)c1C. The molecule has 2 aromatic rings. The average molecular weight is 296 g/mol. The number of nitrogens with zero attached hydrogens (tertiary/aromatic N) is 4. The summed E-state index contributed by atoms with van der Waals surface area (Å²) >= 11 is 0. The highest BCUT2D eigenvalue weighted by Crippen LogP contribution is 2.29. The number of hydrogen-bond donors (Lipinski definition) is 0. The minimum Gasteiger partial charge on any atom is -0.356 e. The molecule has 116 valence electrons. The van der Waals surface area contributed by atoms with E-state index in [0.29, 0.717) is 6.04 Å². The lowest BCUT2D eigenvalue weighted by Gasteiger charge is -2.33. The van der Waals surface area contributed by atoms with Crippen molar-refractivity contribution in [2.45, 2.75) is 52.0 Å². The topological polar surface area (TPSA) is 41.9 Å². The summed E-state index contributed by atoms with van der Waals surface area (Å²) in [6, 6.07) is 6.46. The van der Waals surface area contributed by atoms with Crippen LogP contribution in [0.1, 0.15) is 43.4 Å². The van der Waals surface area contributed by atoms with E-state index in [1.165, 1.54) is 37.7 Å². The van der Waals surface area contributed by atoms with E-state index in [-0.39, 0.29) is 0 Å². The number of hydrogen-bond acceptors (Lipinski definition) is 4. The second-order valence-corrected chi connectivity index (χ2v) is 6.20. The molecule has 0 aromatic carbocycles. The average Bonchev–Trinajstić information content (AvgIpc) is 2.58. The standard InChI is InChI=1S/C18H24N4/c1-13-14(2)20-17(16-11-7-8-12-19-16)21-18(13)22(3)15-9-5-4-6-10-15/h7-8,11-12,15H,4-6,9-10H2,1-3H3. The van der Waals surface area contributed by atoms with E-state index in [0.717, 1.165) is 23.0 Å². The monoisotopic (exact) mass is 296 g/mol. The summed E-state index contributed by atoms with van der Waals surface area (Å²) in [4.78, 5) is 16.2. The molecule has 4 nitrogen and oxygen atoms in total. The number of pyridine rings is 1. The third kappa shape index (κ3) is 2.96. The Morgan fingerprint density at radius 3 is 2.50 bits per heavy atom. The quantitative estimate of drug-likeness (QED) is 0.860. The molecule has 3 rings (SSSR count). The molecule has 22 heavy (non-hydrogen) atoms. The number of rotatable bonds is 3. The molecule has 1 aliphatic rings. The normalized spacial score (nSPS) is 15.8. The highest BCUT2D eigenvalue weighted by atomic mass is 15.2. The van der Waals surface area contributed by atoms with Gasteiger partial charge in [-0.2, -0.15) is 0 Å². The van der Waals surface area contributed by atoms with Crippen molar-refractivity contribution < 1.29 is 0 Å². The van der Waals surface area contributed by atoms with E-state index in [2.05, 4.69) is 35.8 Å². The largest absolute Gasteiger partial charge is 0.356 e. The number of anilines is 1. The zero-order valence-corrected chi connectivity index (χ0v) is 13.7. The smallest absolute Gasteiger partial charge is 0.180 e. The summed E-state index contributed by atoms with van der Waals surface area (Å²) < 4.78 is 0. The Morgan fingerprint density at radius 1 is 1.05 bits per heavy atom. The maximum Gasteiger partial charge on any atom is 0.180 e. The Kier molecular flexibility index (Phi) is 4.36. The molecule has 0 N–H and O–H groups in total. The third-order valence-electron chi connectivity index (χ3n) is 4.71. The van der Waals surface area contributed by atoms with Gasteiger partial charge in [-0.05, 0) is 38.8 Å². The molecule has 1 saturated carbocycles. The molecule has 0 amide bonds. The minimum absolute atomic E-state index is 0.596. The van der Waals surface area contributed by atoms with Crippen LogP contribution in [0.4, 0.5) is 5.82 Å². The van der Waals surface area contributed by atoms with E-state index in [1.807, 2.05) is 18.2 Å². The Hall–Kier alpha value is -1.97. The molecule has 0 bridgehead atoms. The van der Waals surface area contributed by atoms with Crippen LogP contribution in [0.2, 0.25) is 0 Å².